The quantitative estimate of drug-likeness (QED) is 0.198. The fraction of sp³-hybridized carbons (Fsp3) is 0.312. The molecule has 200 valence electrons. The van der Waals surface area contributed by atoms with Gasteiger partial charge in [0.05, 0.1) is 22.3 Å². The number of carbonyl (C=O) groups is 2. The molecular formula is C32H33N3O4. The molecular weight excluding hydrogens is 490 g/mol. The minimum atomic E-state index is -0.767. The summed E-state index contributed by atoms with van der Waals surface area (Å²) in [6, 6.07) is 21.4. The monoisotopic (exact) mass is 523 g/mol. The number of unbranched alkanes of at least 4 members (excludes halogenated alkanes) is 2. The molecule has 1 amide bonds. The summed E-state index contributed by atoms with van der Waals surface area (Å²) in [5, 5.41) is 15.2. The van der Waals surface area contributed by atoms with E-state index in [1.807, 2.05) is 31.2 Å². The van der Waals surface area contributed by atoms with Gasteiger partial charge in [0.1, 0.15) is 0 Å². The van der Waals surface area contributed by atoms with Gasteiger partial charge in [0.25, 0.3) is 5.69 Å². The predicted molar refractivity (Wildman–Crippen MR) is 153 cm³/mol. The van der Waals surface area contributed by atoms with Crippen molar-refractivity contribution in [1.82, 2.24) is 0 Å². The molecule has 0 saturated carbocycles. The molecule has 3 aromatic carbocycles. The van der Waals surface area contributed by atoms with Crippen molar-refractivity contribution in [2.24, 2.45) is 0 Å². The first kappa shape index (κ1) is 26.4. The van der Waals surface area contributed by atoms with E-state index in [2.05, 4.69) is 36.5 Å². The van der Waals surface area contributed by atoms with Crippen molar-refractivity contribution in [2.45, 2.75) is 64.3 Å². The first-order chi connectivity index (χ1) is 18.9. The van der Waals surface area contributed by atoms with Gasteiger partial charge in [-0.25, -0.2) is 0 Å². The van der Waals surface area contributed by atoms with Gasteiger partial charge >= 0.3 is 0 Å². The van der Waals surface area contributed by atoms with E-state index in [1.165, 1.54) is 12.1 Å². The van der Waals surface area contributed by atoms with Gasteiger partial charge in [0.15, 0.2) is 5.78 Å². The first-order valence-corrected chi connectivity index (χ1v) is 13.6. The summed E-state index contributed by atoms with van der Waals surface area (Å²) < 4.78 is 0. The maximum Gasteiger partial charge on any atom is 0.269 e. The number of allylic oxidation sites excluding steroid dienone is 1. The zero-order chi connectivity index (χ0) is 27.5. The molecule has 0 saturated heterocycles. The molecule has 0 bridgehead atoms. The van der Waals surface area contributed by atoms with Gasteiger partial charge in [-0.3, -0.25) is 24.6 Å². The number of Topliss-reactive ketones (excluding diaryl/α,β-unsaturated/α-hetero) is 1. The summed E-state index contributed by atoms with van der Waals surface area (Å²) in [4.78, 5) is 40.9. The number of hydrogen-bond acceptors (Lipinski definition) is 5. The number of nitrogens with one attached hydrogen (secondary N) is 1. The molecule has 2 unspecified atom stereocenters. The average molecular weight is 524 g/mol. The molecule has 5 rings (SSSR count). The van der Waals surface area contributed by atoms with Crippen LogP contribution in [-0.2, 0) is 9.59 Å². The number of nitro groups is 1. The number of nitro benzene ring substituents is 1. The number of carbonyl (C=O) groups excluding carboxylic acids is 2. The highest BCUT2D eigenvalue weighted by atomic mass is 16.6. The highest BCUT2D eigenvalue weighted by molar-refractivity contribution is 6.06. The van der Waals surface area contributed by atoms with E-state index in [9.17, 15) is 19.7 Å². The van der Waals surface area contributed by atoms with E-state index in [0.717, 1.165) is 41.8 Å². The van der Waals surface area contributed by atoms with Crippen LogP contribution in [0, 0.1) is 17.0 Å². The van der Waals surface area contributed by atoms with E-state index in [0.29, 0.717) is 36.1 Å². The largest absolute Gasteiger partial charge is 0.357 e. The highest BCUT2D eigenvalue weighted by Gasteiger charge is 2.41. The summed E-state index contributed by atoms with van der Waals surface area (Å²) in [6.45, 7) is 4.12. The Labute approximate surface area is 228 Å². The summed E-state index contributed by atoms with van der Waals surface area (Å²) in [5.41, 5.74) is 5.44. The molecule has 1 N–H and O–H groups in total. The summed E-state index contributed by atoms with van der Waals surface area (Å²) >= 11 is 0. The Morgan fingerprint density at radius 1 is 1.00 bits per heavy atom. The molecule has 1 heterocycles. The number of non-ortho nitro benzene ring substituents is 1. The van der Waals surface area contributed by atoms with Crippen LogP contribution < -0.4 is 10.2 Å². The Hall–Kier alpha value is -4.26. The van der Waals surface area contributed by atoms with Crippen molar-refractivity contribution in [3.8, 4) is 0 Å². The topological polar surface area (TPSA) is 92.6 Å². The molecule has 0 spiro atoms. The standard InChI is InChI=1S/C32H33N3O4/c1-3-4-5-13-30(37)34-28-12-7-6-11-26(28)33-27-19-24(22-16-14-21(2)15-17-22)20-29(36)31(27)32(34)23-9-8-10-25(18-23)35(38)39/h6-12,14-18,24,32-33H,3-5,13,19-20H2,1-2H3. The minimum absolute atomic E-state index is 0.00548. The van der Waals surface area contributed by atoms with Crippen molar-refractivity contribution >= 4 is 28.8 Å². The van der Waals surface area contributed by atoms with Gasteiger partial charge in [0.2, 0.25) is 5.91 Å². The van der Waals surface area contributed by atoms with Crippen molar-refractivity contribution in [3.63, 3.8) is 0 Å². The molecule has 0 aromatic heterocycles. The van der Waals surface area contributed by atoms with Crippen molar-refractivity contribution in [2.75, 3.05) is 10.2 Å². The Kier molecular flexibility index (Phi) is 7.59. The van der Waals surface area contributed by atoms with Gasteiger partial charge in [-0.1, -0.05) is 73.9 Å². The smallest absolute Gasteiger partial charge is 0.269 e. The Morgan fingerprint density at radius 3 is 2.51 bits per heavy atom. The lowest BCUT2D eigenvalue weighted by Crippen LogP contribution is -2.38. The molecule has 2 atom stereocenters. The van der Waals surface area contributed by atoms with Crippen molar-refractivity contribution in [3.05, 3.63) is 111 Å². The molecule has 1 aliphatic heterocycles. The zero-order valence-electron chi connectivity index (χ0n) is 22.4. The molecule has 3 aromatic rings. The van der Waals surface area contributed by atoms with Crippen molar-refractivity contribution in [1.29, 1.82) is 0 Å². The Bertz CT molecular complexity index is 1440. The molecule has 1 aliphatic carbocycles. The summed E-state index contributed by atoms with van der Waals surface area (Å²) in [6.07, 6.45) is 3.87. The number of fused-ring (bicyclic) bond motifs is 1. The molecule has 39 heavy (non-hydrogen) atoms. The van der Waals surface area contributed by atoms with Gasteiger partial charge < -0.3 is 5.32 Å². The lowest BCUT2D eigenvalue weighted by Gasteiger charge is -2.35. The van der Waals surface area contributed by atoms with E-state index in [-0.39, 0.29) is 23.3 Å². The number of amides is 1. The maximum absolute atomic E-state index is 14.0. The van der Waals surface area contributed by atoms with Crippen LogP contribution in [0.4, 0.5) is 17.1 Å². The molecule has 7 nitrogen and oxygen atoms in total. The van der Waals surface area contributed by atoms with E-state index < -0.39 is 11.0 Å². The van der Waals surface area contributed by atoms with Crippen LogP contribution in [0.1, 0.15) is 74.1 Å². The van der Waals surface area contributed by atoms with Crippen LogP contribution in [0.15, 0.2) is 84.1 Å². The van der Waals surface area contributed by atoms with Crippen LogP contribution in [0.25, 0.3) is 0 Å². The second-order valence-electron chi connectivity index (χ2n) is 10.4. The number of benzene rings is 3. The second kappa shape index (κ2) is 11.2. The number of rotatable bonds is 7. The molecule has 2 aliphatic rings. The third-order valence-electron chi connectivity index (χ3n) is 7.70. The number of nitrogens with zero attached hydrogens (tertiary/aromatic N) is 2. The predicted octanol–water partition coefficient (Wildman–Crippen LogP) is 7.38. The number of aryl methyl sites for hydroxylation is 1. The Morgan fingerprint density at radius 2 is 1.77 bits per heavy atom. The lowest BCUT2D eigenvalue weighted by atomic mass is 9.78. The normalized spacial score (nSPS) is 18.6. The molecule has 0 fully saturated rings. The fourth-order valence-electron chi connectivity index (χ4n) is 5.71. The van der Waals surface area contributed by atoms with Crippen LogP contribution in [0.2, 0.25) is 0 Å². The van der Waals surface area contributed by atoms with Crippen LogP contribution in [0.5, 0.6) is 0 Å². The number of ketones is 1. The maximum atomic E-state index is 14.0. The number of anilines is 2. The van der Waals surface area contributed by atoms with E-state index >= 15 is 0 Å². The number of hydrogen-bond donors (Lipinski definition) is 1. The van der Waals surface area contributed by atoms with Crippen LogP contribution >= 0.6 is 0 Å². The molecule has 7 heteroatoms. The SMILES string of the molecule is CCCCCC(=O)N1c2ccccc2NC2=C(C(=O)CC(c3ccc(C)cc3)C2)C1c1cccc([N+](=O)[O-])c1. The van der Waals surface area contributed by atoms with Gasteiger partial charge in [0, 0.05) is 36.2 Å². The average Bonchev–Trinajstić information content (AvgIpc) is 3.08. The highest BCUT2D eigenvalue weighted by Crippen LogP contribution is 2.48. The zero-order valence-corrected chi connectivity index (χ0v) is 22.4. The summed E-state index contributed by atoms with van der Waals surface area (Å²) in [5.74, 6) is -0.157. The van der Waals surface area contributed by atoms with Gasteiger partial charge in [-0.05, 0) is 48.9 Å². The summed E-state index contributed by atoms with van der Waals surface area (Å²) in [7, 11) is 0. The van der Waals surface area contributed by atoms with E-state index in [4.69, 9.17) is 0 Å². The van der Waals surface area contributed by atoms with Gasteiger partial charge in [-0.15, -0.1) is 0 Å². The van der Waals surface area contributed by atoms with Gasteiger partial charge in [-0.2, -0.15) is 0 Å². The van der Waals surface area contributed by atoms with Crippen LogP contribution in [0.3, 0.4) is 0 Å². The molecule has 0 radical (unpaired) electrons. The van der Waals surface area contributed by atoms with Crippen molar-refractivity contribution < 1.29 is 14.5 Å². The third-order valence-corrected chi connectivity index (χ3v) is 7.70. The lowest BCUT2D eigenvalue weighted by molar-refractivity contribution is -0.384. The second-order valence-corrected chi connectivity index (χ2v) is 10.4. The fourth-order valence-corrected chi connectivity index (χ4v) is 5.71. The van der Waals surface area contributed by atoms with Crippen LogP contribution in [-0.4, -0.2) is 16.6 Å². The first-order valence-electron chi connectivity index (χ1n) is 13.6. The van der Waals surface area contributed by atoms with E-state index in [1.54, 1.807) is 17.0 Å². The minimum Gasteiger partial charge on any atom is -0.357 e. The Balaban J connectivity index is 1.68. The number of para-hydroxylation sites is 2. The third kappa shape index (κ3) is 5.35.